The highest BCUT2D eigenvalue weighted by Crippen LogP contribution is 2.23. The number of aliphatic carboxylic acids is 1. The zero-order valence-electron chi connectivity index (χ0n) is 31.3. The number of carbonyl (C=O) groups is 3. The third-order valence-electron chi connectivity index (χ3n) is 8.75. The van der Waals surface area contributed by atoms with E-state index in [1.165, 1.54) is 51.4 Å². The van der Waals surface area contributed by atoms with E-state index >= 15 is 0 Å². The first-order valence-corrected chi connectivity index (χ1v) is 19.5. The molecule has 4 N–H and O–H groups in total. The van der Waals surface area contributed by atoms with Crippen LogP contribution in [-0.2, 0) is 33.3 Å². The molecule has 1 aliphatic rings. The SMILES string of the molecule is CC/C=C\C/C=C\C/C=C\CCCCCC(=O)OCC(COC1OC(C(=O)O)C(O)C(O)C1O)OC(=O)CCCCCCCCCCCCCC. The summed E-state index contributed by atoms with van der Waals surface area (Å²) in [6, 6.07) is 0. The largest absolute Gasteiger partial charge is 0.479 e. The molecule has 6 atom stereocenters. The second-order valence-electron chi connectivity index (χ2n) is 13.4. The number of rotatable bonds is 31. The molecule has 294 valence electrons. The van der Waals surface area contributed by atoms with Crippen molar-refractivity contribution in [2.45, 2.75) is 185 Å². The number of carboxylic acid groups (broad SMARTS) is 1. The van der Waals surface area contributed by atoms with Crippen molar-refractivity contribution >= 4 is 17.9 Å². The smallest absolute Gasteiger partial charge is 0.335 e. The van der Waals surface area contributed by atoms with Crippen LogP contribution in [0.1, 0.15) is 149 Å². The van der Waals surface area contributed by atoms with Gasteiger partial charge >= 0.3 is 17.9 Å². The highest BCUT2D eigenvalue weighted by atomic mass is 16.7. The highest BCUT2D eigenvalue weighted by molar-refractivity contribution is 5.73. The van der Waals surface area contributed by atoms with Crippen molar-refractivity contribution in [2.75, 3.05) is 13.2 Å². The maximum atomic E-state index is 12.7. The standard InChI is InChI=1S/C40H68O11/c1-3-5-7-9-11-13-15-17-19-20-22-24-26-28-33(41)48-30-32(31-49-40-37(45)35(43)36(44)38(51-40)39(46)47)50-34(42)29-27-25-23-21-18-16-14-12-10-8-6-4-2/h5,7,11,13,17,19,32,35-38,40,43-45H,3-4,6,8-10,12,14-16,18,20-31H2,1-2H3,(H,46,47)/b7-5-,13-11-,19-17-. The Morgan fingerprint density at radius 1 is 0.627 bits per heavy atom. The summed E-state index contributed by atoms with van der Waals surface area (Å²) in [4.78, 5) is 36.6. The molecule has 0 bridgehead atoms. The summed E-state index contributed by atoms with van der Waals surface area (Å²) >= 11 is 0. The van der Waals surface area contributed by atoms with Crippen molar-refractivity contribution in [1.82, 2.24) is 0 Å². The number of ether oxygens (including phenoxy) is 4. The molecule has 1 heterocycles. The van der Waals surface area contributed by atoms with Gasteiger partial charge in [0.05, 0.1) is 6.61 Å². The van der Waals surface area contributed by atoms with Gasteiger partial charge in [0.2, 0.25) is 0 Å². The van der Waals surface area contributed by atoms with E-state index in [2.05, 4.69) is 50.3 Å². The second kappa shape index (κ2) is 31.0. The quantitative estimate of drug-likeness (QED) is 0.0323. The van der Waals surface area contributed by atoms with Crippen LogP contribution < -0.4 is 0 Å². The molecule has 0 aromatic heterocycles. The number of aliphatic hydroxyl groups is 3. The van der Waals surface area contributed by atoms with Crippen LogP contribution in [0.5, 0.6) is 0 Å². The van der Waals surface area contributed by atoms with E-state index in [1.54, 1.807) is 0 Å². The Hall–Kier alpha value is -2.57. The van der Waals surface area contributed by atoms with Crippen LogP contribution in [0, 0.1) is 0 Å². The van der Waals surface area contributed by atoms with E-state index in [9.17, 15) is 34.8 Å². The van der Waals surface area contributed by atoms with Crippen molar-refractivity contribution in [3.8, 4) is 0 Å². The van der Waals surface area contributed by atoms with Crippen molar-refractivity contribution in [3.05, 3.63) is 36.5 Å². The van der Waals surface area contributed by atoms with E-state index in [-0.39, 0.29) is 19.4 Å². The molecule has 1 saturated heterocycles. The molecule has 6 unspecified atom stereocenters. The van der Waals surface area contributed by atoms with Crippen molar-refractivity contribution in [2.24, 2.45) is 0 Å². The fourth-order valence-corrected chi connectivity index (χ4v) is 5.66. The van der Waals surface area contributed by atoms with Gasteiger partial charge in [-0.3, -0.25) is 9.59 Å². The fraction of sp³-hybridized carbons (Fsp3) is 0.775. The Morgan fingerprint density at radius 2 is 1.16 bits per heavy atom. The number of esters is 2. The lowest BCUT2D eigenvalue weighted by atomic mass is 9.99. The lowest BCUT2D eigenvalue weighted by molar-refractivity contribution is -0.298. The van der Waals surface area contributed by atoms with Crippen molar-refractivity contribution in [3.63, 3.8) is 0 Å². The summed E-state index contributed by atoms with van der Waals surface area (Å²) in [6.07, 6.45) is 23.5. The molecule has 0 aliphatic carbocycles. The fourth-order valence-electron chi connectivity index (χ4n) is 5.66. The second-order valence-corrected chi connectivity index (χ2v) is 13.4. The van der Waals surface area contributed by atoms with Gasteiger partial charge in [-0.05, 0) is 44.9 Å². The number of hydrogen-bond acceptors (Lipinski definition) is 10. The van der Waals surface area contributed by atoms with Crippen LogP contribution in [-0.4, -0.2) is 88.4 Å². The van der Waals surface area contributed by atoms with E-state index in [4.69, 9.17) is 18.9 Å². The topological polar surface area (TPSA) is 169 Å². The van der Waals surface area contributed by atoms with Crippen LogP contribution in [0.15, 0.2) is 36.5 Å². The van der Waals surface area contributed by atoms with E-state index in [0.29, 0.717) is 12.8 Å². The van der Waals surface area contributed by atoms with Crippen molar-refractivity contribution in [1.29, 1.82) is 0 Å². The molecular weight excluding hydrogens is 656 g/mol. The van der Waals surface area contributed by atoms with Crippen LogP contribution in [0.3, 0.4) is 0 Å². The molecule has 1 rings (SSSR count). The minimum atomic E-state index is -1.86. The molecule has 0 aromatic carbocycles. The monoisotopic (exact) mass is 724 g/mol. The Bertz CT molecular complexity index is 995. The molecule has 1 aliphatic heterocycles. The van der Waals surface area contributed by atoms with Gasteiger partial charge in [-0.1, -0.05) is 127 Å². The average Bonchev–Trinajstić information content (AvgIpc) is 3.11. The Morgan fingerprint density at radius 3 is 1.75 bits per heavy atom. The third kappa shape index (κ3) is 23.6. The van der Waals surface area contributed by atoms with E-state index < -0.39 is 61.3 Å². The summed E-state index contributed by atoms with van der Waals surface area (Å²) < 4.78 is 21.6. The number of carbonyl (C=O) groups excluding carboxylic acids is 2. The molecule has 11 nitrogen and oxygen atoms in total. The Labute approximate surface area is 306 Å². The van der Waals surface area contributed by atoms with Crippen molar-refractivity contribution < 1.29 is 53.8 Å². The summed E-state index contributed by atoms with van der Waals surface area (Å²) in [5, 5.41) is 39.6. The minimum absolute atomic E-state index is 0.178. The molecule has 0 radical (unpaired) electrons. The Kier molecular flexibility index (Phi) is 28.2. The summed E-state index contributed by atoms with van der Waals surface area (Å²) in [7, 11) is 0. The molecule has 1 fully saturated rings. The first-order chi connectivity index (χ1) is 24.7. The average molecular weight is 725 g/mol. The molecule has 0 spiro atoms. The third-order valence-corrected chi connectivity index (χ3v) is 8.75. The number of hydrogen-bond donors (Lipinski definition) is 4. The molecule has 51 heavy (non-hydrogen) atoms. The van der Waals surface area contributed by atoms with Crippen LogP contribution in [0.4, 0.5) is 0 Å². The lowest BCUT2D eigenvalue weighted by Gasteiger charge is -2.38. The van der Waals surface area contributed by atoms with Gasteiger partial charge in [0, 0.05) is 12.8 Å². The molecule has 0 saturated carbocycles. The maximum absolute atomic E-state index is 12.7. The predicted molar refractivity (Wildman–Crippen MR) is 197 cm³/mol. The molecule has 11 heteroatoms. The van der Waals surface area contributed by atoms with E-state index in [0.717, 1.165) is 57.8 Å². The lowest BCUT2D eigenvalue weighted by Crippen LogP contribution is -2.60. The number of aliphatic hydroxyl groups excluding tert-OH is 3. The van der Waals surface area contributed by atoms with Gasteiger partial charge in [-0.25, -0.2) is 4.79 Å². The zero-order valence-corrected chi connectivity index (χ0v) is 31.3. The van der Waals surface area contributed by atoms with Gasteiger partial charge in [0.15, 0.2) is 18.5 Å². The minimum Gasteiger partial charge on any atom is -0.479 e. The summed E-state index contributed by atoms with van der Waals surface area (Å²) in [5.74, 6) is -2.48. The molecule has 0 aromatic rings. The zero-order chi connectivity index (χ0) is 37.5. The van der Waals surface area contributed by atoms with Crippen LogP contribution >= 0.6 is 0 Å². The first-order valence-electron chi connectivity index (χ1n) is 19.5. The van der Waals surface area contributed by atoms with Gasteiger partial charge in [-0.2, -0.15) is 0 Å². The number of carboxylic acids is 1. The maximum Gasteiger partial charge on any atom is 0.335 e. The number of allylic oxidation sites excluding steroid dienone is 6. The molecular formula is C40H68O11. The van der Waals surface area contributed by atoms with E-state index in [1.807, 2.05) is 0 Å². The van der Waals surface area contributed by atoms with Gasteiger partial charge in [-0.15, -0.1) is 0 Å². The van der Waals surface area contributed by atoms with Gasteiger partial charge in [0.1, 0.15) is 24.9 Å². The first kappa shape index (κ1) is 46.5. The predicted octanol–water partition coefficient (Wildman–Crippen LogP) is 7.25. The molecule has 0 amide bonds. The van der Waals surface area contributed by atoms with Gasteiger partial charge < -0.3 is 39.4 Å². The Balaban J connectivity index is 2.46. The highest BCUT2D eigenvalue weighted by Gasteiger charge is 2.47. The van der Waals surface area contributed by atoms with Crippen LogP contribution in [0.2, 0.25) is 0 Å². The summed E-state index contributed by atoms with van der Waals surface area (Å²) in [5.41, 5.74) is 0. The normalized spacial score (nSPS) is 21.5. The summed E-state index contributed by atoms with van der Waals surface area (Å²) in [6.45, 7) is 3.64. The van der Waals surface area contributed by atoms with Crippen LogP contribution in [0.25, 0.3) is 0 Å². The number of unbranched alkanes of at least 4 members (excludes halogenated alkanes) is 14. The van der Waals surface area contributed by atoms with Gasteiger partial charge in [0.25, 0.3) is 0 Å².